The van der Waals surface area contributed by atoms with Crippen LogP contribution in [0.4, 0.5) is 0 Å². The first kappa shape index (κ1) is 25.6. The maximum Gasteiger partial charge on any atom is 0.282 e. The molecule has 0 aliphatic rings. The number of imidazole rings is 1. The SMILES string of the molecule is N=C(N)NCCCN(CCCN)Cc1ccc(-c2cn3cc(-c4ccc(Br)cc4)[nH]c3nc2=O)cc1. The van der Waals surface area contributed by atoms with Gasteiger partial charge in [-0.15, -0.1) is 0 Å². The van der Waals surface area contributed by atoms with Crippen LogP contribution in [0, 0.1) is 5.41 Å². The highest BCUT2D eigenvalue weighted by Crippen LogP contribution is 2.22. The fraction of sp³-hybridized carbons (Fsp3) is 0.269. The van der Waals surface area contributed by atoms with Gasteiger partial charge >= 0.3 is 0 Å². The van der Waals surface area contributed by atoms with Crippen LogP contribution >= 0.6 is 15.9 Å². The summed E-state index contributed by atoms with van der Waals surface area (Å²) in [6.07, 6.45) is 5.57. The summed E-state index contributed by atoms with van der Waals surface area (Å²) in [5.41, 5.74) is 15.2. The third-order valence-corrected chi connectivity index (χ3v) is 6.47. The van der Waals surface area contributed by atoms with Crippen molar-refractivity contribution in [3.05, 3.63) is 81.3 Å². The van der Waals surface area contributed by atoms with Crippen molar-refractivity contribution in [2.45, 2.75) is 19.4 Å². The maximum absolute atomic E-state index is 12.8. The Kier molecular flexibility index (Phi) is 8.52. The molecule has 0 amide bonds. The van der Waals surface area contributed by atoms with E-state index in [4.69, 9.17) is 16.9 Å². The Morgan fingerprint density at radius 3 is 2.44 bits per heavy atom. The Balaban J connectivity index is 1.49. The second-order valence-corrected chi connectivity index (χ2v) is 9.59. The minimum absolute atomic E-state index is 0.00754. The normalized spacial score (nSPS) is 11.3. The zero-order chi connectivity index (χ0) is 25.5. The zero-order valence-corrected chi connectivity index (χ0v) is 21.6. The molecule has 9 nitrogen and oxygen atoms in total. The lowest BCUT2D eigenvalue weighted by Gasteiger charge is -2.22. The van der Waals surface area contributed by atoms with Crippen molar-refractivity contribution >= 4 is 27.7 Å². The van der Waals surface area contributed by atoms with Crippen molar-refractivity contribution in [1.82, 2.24) is 24.6 Å². The standard InChI is InChI=1S/C26H31BrN8O/c27-21-9-7-20(8-10-21)23-17-35-16-22(24(36)33-26(35)32-23)19-5-3-18(4-6-19)15-34(13-1-11-28)14-2-12-31-25(29)30/h3-10,16-17H,1-2,11-15,28H2,(H4,29,30,31)(H,32,33,36). The van der Waals surface area contributed by atoms with Crippen molar-refractivity contribution in [1.29, 1.82) is 5.41 Å². The molecule has 2 heterocycles. The van der Waals surface area contributed by atoms with Crippen LogP contribution < -0.4 is 22.3 Å². The van der Waals surface area contributed by atoms with Gasteiger partial charge in [-0.25, -0.2) is 0 Å². The number of nitrogens with one attached hydrogen (secondary N) is 3. The van der Waals surface area contributed by atoms with Crippen molar-refractivity contribution in [2.75, 3.05) is 26.2 Å². The van der Waals surface area contributed by atoms with E-state index in [9.17, 15) is 4.79 Å². The van der Waals surface area contributed by atoms with E-state index in [0.29, 0.717) is 24.4 Å². The number of aromatic amines is 1. The molecule has 0 fully saturated rings. The van der Waals surface area contributed by atoms with Gasteiger partial charge in [-0.05, 0) is 54.8 Å². The van der Waals surface area contributed by atoms with E-state index >= 15 is 0 Å². The molecule has 2 aromatic heterocycles. The molecule has 0 saturated carbocycles. The van der Waals surface area contributed by atoms with Crippen LogP contribution in [0.15, 0.2) is 70.2 Å². The number of rotatable bonds is 11. The number of nitrogens with two attached hydrogens (primary N) is 2. The first-order valence-corrected chi connectivity index (χ1v) is 12.7. The molecule has 4 aromatic rings. The van der Waals surface area contributed by atoms with Crippen molar-refractivity contribution in [3.8, 4) is 22.4 Å². The summed E-state index contributed by atoms with van der Waals surface area (Å²) < 4.78 is 2.86. The Bertz CT molecular complexity index is 1360. The predicted molar refractivity (Wildman–Crippen MR) is 148 cm³/mol. The fourth-order valence-electron chi connectivity index (χ4n) is 4.08. The number of hydrogen-bond donors (Lipinski definition) is 5. The van der Waals surface area contributed by atoms with Crippen LogP contribution in [0.3, 0.4) is 0 Å². The van der Waals surface area contributed by atoms with E-state index in [1.54, 1.807) is 0 Å². The molecule has 4 rings (SSSR count). The molecule has 0 aliphatic carbocycles. The van der Waals surface area contributed by atoms with Gasteiger partial charge in [0, 0.05) is 36.5 Å². The minimum atomic E-state index is -0.269. The van der Waals surface area contributed by atoms with Crippen LogP contribution in [0.2, 0.25) is 0 Å². The molecule has 7 N–H and O–H groups in total. The molecule has 0 atom stereocenters. The van der Waals surface area contributed by atoms with Gasteiger partial charge in [0.15, 0.2) is 5.96 Å². The number of aromatic nitrogens is 3. The average molecular weight is 551 g/mol. The molecular weight excluding hydrogens is 520 g/mol. The quantitative estimate of drug-likeness (QED) is 0.110. The van der Waals surface area contributed by atoms with Gasteiger partial charge in [-0.2, -0.15) is 4.98 Å². The molecular formula is C26H31BrN8O. The van der Waals surface area contributed by atoms with Gasteiger partial charge in [0.05, 0.1) is 11.3 Å². The third-order valence-electron chi connectivity index (χ3n) is 5.94. The highest BCUT2D eigenvalue weighted by atomic mass is 79.9. The summed E-state index contributed by atoms with van der Waals surface area (Å²) in [6, 6.07) is 16.0. The molecule has 10 heteroatoms. The van der Waals surface area contributed by atoms with E-state index in [1.165, 1.54) is 0 Å². The van der Waals surface area contributed by atoms with Crippen molar-refractivity contribution < 1.29 is 0 Å². The van der Waals surface area contributed by atoms with Crippen molar-refractivity contribution in [3.63, 3.8) is 0 Å². The van der Waals surface area contributed by atoms with Crippen LogP contribution in [-0.4, -0.2) is 51.4 Å². The number of nitrogens with zero attached hydrogens (tertiary/aromatic N) is 3. The predicted octanol–water partition coefficient (Wildman–Crippen LogP) is 3.14. The first-order chi connectivity index (χ1) is 17.4. The van der Waals surface area contributed by atoms with Crippen molar-refractivity contribution in [2.24, 2.45) is 11.5 Å². The lowest BCUT2D eigenvalue weighted by Crippen LogP contribution is -2.34. The second-order valence-electron chi connectivity index (χ2n) is 8.67. The molecule has 0 radical (unpaired) electrons. The molecule has 2 aromatic carbocycles. The summed E-state index contributed by atoms with van der Waals surface area (Å²) >= 11 is 3.45. The largest absolute Gasteiger partial charge is 0.370 e. The topological polar surface area (TPSA) is 141 Å². The molecule has 188 valence electrons. The van der Waals surface area contributed by atoms with E-state index in [-0.39, 0.29) is 11.5 Å². The summed E-state index contributed by atoms with van der Waals surface area (Å²) in [5, 5.41) is 10.1. The van der Waals surface area contributed by atoms with Gasteiger partial charge in [0.1, 0.15) is 0 Å². The molecule has 0 saturated heterocycles. The molecule has 0 unspecified atom stereocenters. The van der Waals surface area contributed by atoms with Gasteiger partial charge in [0.2, 0.25) is 5.78 Å². The number of benzene rings is 2. The first-order valence-electron chi connectivity index (χ1n) is 11.9. The Labute approximate surface area is 218 Å². The number of guanidine groups is 1. The number of hydrogen-bond acceptors (Lipinski definition) is 5. The lowest BCUT2D eigenvalue weighted by atomic mass is 10.1. The average Bonchev–Trinajstić information content (AvgIpc) is 3.28. The minimum Gasteiger partial charge on any atom is -0.370 e. The van der Waals surface area contributed by atoms with Crippen LogP contribution in [-0.2, 0) is 6.54 Å². The third kappa shape index (κ3) is 6.60. The summed E-state index contributed by atoms with van der Waals surface area (Å²) in [7, 11) is 0. The summed E-state index contributed by atoms with van der Waals surface area (Å²) in [5.74, 6) is 0.500. The summed E-state index contributed by atoms with van der Waals surface area (Å²) in [6.45, 7) is 3.86. The Hall–Kier alpha value is -3.47. The van der Waals surface area contributed by atoms with Crippen LogP contribution in [0.5, 0.6) is 0 Å². The second kappa shape index (κ2) is 12.0. The van der Waals surface area contributed by atoms with Gasteiger partial charge < -0.3 is 21.8 Å². The smallest absolute Gasteiger partial charge is 0.282 e. The molecule has 36 heavy (non-hydrogen) atoms. The van der Waals surface area contributed by atoms with E-state index in [2.05, 4.69) is 48.2 Å². The highest BCUT2D eigenvalue weighted by molar-refractivity contribution is 9.10. The number of H-pyrrole nitrogens is 1. The molecule has 0 bridgehead atoms. The Morgan fingerprint density at radius 1 is 1.06 bits per heavy atom. The van der Waals surface area contributed by atoms with Gasteiger partial charge in [-0.1, -0.05) is 52.3 Å². The number of halogens is 1. The lowest BCUT2D eigenvalue weighted by molar-refractivity contribution is 0.260. The molecule has 0 aliphatic heterocycles. The highest BCUT2D eigenvalue weighted by Gasteiger charge is 2.11. The fourth-order valence-corrected chi connectivity index (χ4v) is 4.35. The van der Waals surface area contributed by atoms with Crippen LogP contribution in [0.25, 0.3) is 28.2 Å². The maximum atomic E-state index is 12.8. The Morgan fingerprint density at radius 2 is 1.75 bits per heavy atom. The van der Waals surface area contributed by atoms with Gasteiger partial charge in [-0.3, -0.25) is 19.5 Å². The van der Waals surface area contributed by atoms with E-state index in [0.717, 1.165) is 59.3 Å². The van der Waals surface area contributed by atoms with E-state index < -0.39 is 0 Å². The summed E-state index contributed by atoms with van der Waals surface area (Å²) in [4.78, 5) is 22.6. The molecule has 0 spiro atoms. The number of fused-ring (bicyclic) bond motifs is 1. The zero-order valence-electron chi connectivity index (χ0n) is 20.0. The monoisotopic (exact) mass is 550 g/mol. The van der Waals surface area contributed by atoms with Gasteiger partial charge in [0.25, 0.3) is 5.56 Å². The van der Waals surface area contributed by atoms with E-state index in [1.807, 2.05) is 53.2 Å². The van der Waals surface area contributed by atoms with Crippen LogP contribution in [0.1, 0.15) is 18.4 Å².